The third-order valence-corrected chi connectivity index (χ3v) is 4.73. The molecule has 1 fully saturated rings. The molecule has 0 aromatic carbocycles. The molecule has 1 aliphatic heterocycles. The van der Waals surface area contributed by atoms with Gasteiger partial charge >= 0.3 is 0 Å². The molecule has 1 rings (SSSR count). The van der Waals surface area contributed by atoms with E-state index in [4.69, 9.17) is 4.74 Å². The lowest BCUT2D eigenvalue weighted by atomic mass is 9.98. The Hall–Kier alpha value is 0.400. The molecule has 15 heavy (non-hydrogen) atoms. The first-order chi connectivity index (χ1) is 6.94. The second-order valence-corrected chi connectivity index (χ2v) is 6.47. The van der Waals surface area contributed by atoms with Gasteiger partial charge in [0.1, 0.15) is 0 Å². The minimum Gasteiger partial charge on any atom is -0.379 e. The second kappa shape index (κ2) is 5.65. The lowest BCUT2D eigenvalue weighted by Crippen LogP contribution is -2.42. The largest absolute Gasteiger partial charge is 0.379 e. The van der Waals surface area contributed by atoms with Gasteiger partial charge in [-0.3, -0.25) is 0 Å². The van der Waals surface area contributed by atoms with E-state index < -0.39 is 0 Å². The zero-order valence-corrected chi connectivity index (χ0v) is 12.0. The third kappa shape index (κ3) is 4.41. The molecule has 1 saturated heterocycles. The Kier molecular flexibility index (Phi) is 5.07. The van der Waals surface area contributed by atoms with Crippen LogP contribution in [0, 0.1) is 5.92 Å². The Balaban J connectivity index is 2.28. The summed E-state index contributed by atoms with van der Waals surface area (Å²) < 4.78 is 5.44. The van der Waals surface area contributed by atoms with Gasteiger partial charge in [-0.2, -0.15) is 0 Å². The molecular weight excluding hydrogens is 254 g/mol. The van der Waals surface area contributed by atoms with E-state index in [1.165, 1.54) is 19.5 Å². The summed E-state index contributed by atoms with van der Waals surface area (Å²) in [5.74, 6) is 0.816. The van der Waals surface area contributed by atoms with Gasteiger partial charge in [-0.05, 0) is 39.2 Å². The number of likely N-dealkylation sites (tertiary alicyclic amines) is 1. The Morgan fingerprint density at radius 2 is 2.13 bits per heavy atom. The van der Waals surface area contributed by atoms with Crippen LogP contribution in [0.5, 0.6) is 0 Å². The molecule has 2 unspecified atom stereocenters. The van der Waals surface area contributed by atoms with Crippen molar-refractivity contribution < 1.29 is 4.74 Å². The standard InChI is InChI=1S/C12H24BrNO/c1-10-5-7-14(9-11(10)13)8-6-12(2,3)15-4/h10-11H,5-9H2,1-4H3. The van der Waals surface area contributed by atoms with Crippen LogP contribution in [0.1, 0.15) is 33.6 Å². The van der Waals surface area contributed by atoms with Crippen molar-refractivity contribution in [2.24, 2.45) is 5.92 Å². The van der Waals surface area contributed by atoms with Crippen LogP contribution in [0.2, 0.25) is 0 Å². The van der Waals surface area contributed by atoms with E-state index in [1.807, 2.05) is 0 Å². The van der Waals surface area contributed by atoms with Gasteiger partial charge < -0.3 is 9.64 Å². The molecule has 0 N–H and O–H groups in total. The highest BCUT2D eigenvalue weighted by molar-refractivity contribution is 9.09. The van der Waals surface area contributed by atoms with E-state index in [0.29, 0.717) is 4.83 Å². The summed E-state index contributed by atoms with van der Waals surface area (Å²) in [5.41, 5.74) is 0.0187. The van der Waals surface area contributed by atoms with Gasteiger partial charge in [-0.15, -0.1) is 0 Å². The molecule has 2 nitrogen and oxygen atoms in total. The fourth-order valence-corrected chi connectivity index (χ4v) is 2.49. The molecule has 0 spiro atoms. The summed E-state index contributed by atoms with van der Waals surface area (Å²) in [6.07, 6.45) is 2.42. The van der Waals surface area contributed by atoms with Crippen LogP contribution in [-0.2, 0) is 4.74 Å². The fraction of sp³-hybridized carbons (Fsp3) is 1.00. The van der Waals surface area contributed by atoms with Gasteiger partial charge in [0.15, 0.2) is 0 Å². The van der Waals surface area contributed by atoms with Crippen molar-refractivity contribution in [3.63, 3.8) is 0 Å². The van der Waals surface area contributed by atoms with Gasteiger partial charge in [0, 0.05) is 25.0 Å². The fourth-order valence-electron chi connectivity index (χ4n) is 1.82. The molecular formula is C12H24BrNO. The minimum atomic E-state index is 0.0187. The number of piperidine rings is 1. The first-order valence-corrected chi connectivity index (χ1v) is 6.78. The molecule has 90 valence electrons. The Labute approximate surface area is 102 Å². The van der Waals surface area contributed by atoms with Crippen LogP contribution in [0.3, 0.4) is 0 Å². The summed E-state index contributed by atoms with van der Waals surface area (Å²) in [6, 6.07) is 0. The normalized spacial score (nSPS) is 29.4. The molecule has 3 heteroatoms. The van der Waals surface area contributed by atoms with Gasteiger partial charge in [0.05, 0.1) is 5.60 Å². The number of hydrogen-bond acceptors (Lipinski definition) is 2. The monoisotopic (exact) mass is 277 g/mol. The van der Waals surface area contributed by atoms with E-state index in [9.17, 15) is 0 Å². The van der Waals surface area contributed by atoms with Crippen molar-refractivity contribution in [1.29, 1.82) is 0 Å². The molecule has 0 radical (unpaired) electrons. The zero-order valence-electron chi connectivity index (χ0n) is 10.4. The summed E-state index contributed by atoms with van der Waals surface area (Å²) in [7, 11) is 1.80. The molecule has 1 heterocycles. The van der Waals surface area contributed by atoms with Crippen LogP contribution in [0.15, 0.2) is 0 Å². The van der Waals surface area contributed by atoms with Crippen LogP contribution in [-0.4, -0.2) is 42.1 Å². The lowest BCUT2D eigenvalue weighted by molar-refractivity contribution is 0.00548. The van der Waals surface area contributed by atoms with E-state index in [0.717, 1.165) is 18.9 Å². The summed E-state index contributed by atoms with van der Waals surface area (Å²) in [4.78, 5) is 3.21. The first kappa shape index (κ1) is 13.5. The number of rotatable bonds is 4. The van der Waals surface area contributed by atoms with Gasteiger partial charge in [-0.25, -0.2) is 0 Å². The smallest absolute Gasteiger partial charge is 0.0634 e. The van der Waals surface area contributed by atoms with Crippen molar-refractivity contribution in [1.82, 2.24) is 4.90 Å². The quantitative estimate of drug-likeness (QED) is 0.733. The number of hydrogen-bond donors (Lipinski definition) is 0. The summed E-state index contributed by atoms with van der Waals surface area (Å²) in [6.45, 7) is 10.2. The molecule has 2 atom stereocenters. The van der Waals surface area contributed by atoms with Gasteiger partial charge in [0.2, 0.25) is 0 Å². The lowest BCUT2D eigenvalue weighted by Gasteiger charge is -2.36. The van der Waals surface area contributed by atoms with Crippen LogP contribution in [0.25, 0.3) is 0 Å². The molecule has 0 aliphatic carbocycles. The molecule has 1 aliphatic rings. The van der Waals surface area contributed by atoms with Crippen molar-refractivity contribution >= 4 is 15.9 Å². The third-order valence-electron chi connectivity index (χ3n) is 3.53. The van der Waals surface area contributed by atoms with Crippen LogP contribution in [0.4, 0.5) is 0 Å². The highest BCUT2D eigenvalue weighted by Crippen LogP contribution is 2.24. The maximum Gasteiger partial charge on any atom is 0.0634 e. The van der Waals surface area contributed by atoms with Crippen molar-refractivity contribution in [3.8, 4) is 0 Å². The molecule has 0 amide bonds. The molecule has 0 aromatic rings. The summed E-state index contributed by atoms with van der Waals surface area (Å²) in [5, 5.41) is 0. The topological polar surface area (TPSA) is 12.5 Å². The maximum absolute atomic E-state index is 5.44. The minimum absolute atomic E-state index is 0.0187. The van der Waals surface area contributed by atoms with Crippen LogP contribution < -0.4 is 0 Å². The molecule has 0 bridgehead atoms. The first-order valence-electron chi connectivity index (χ1n) is 5.86. The van der Waals surface area contributed by atoms with Crippen molar-refractivity contribution in [3.05, 3.63) is 0 Å². The van der Waals surface area contributed by atoms with E-state index in [-0.39, 0.29) is 5.60 Å². The molecule has 0 aromatic heterocycles. The number of nitrogens with zero attached hydrogens (tertiary/aromatic N) is 1. The van der Waals surface area contributed by atoms with Gasteiger partial charge in [0.25, 0.3) is 0 Å². The Morgan fingerprint density at radius 1 is 1.47 bits per heavy atom. The number of ether oxygens (including phenoxy) is 1. The van der Waals surface area contributed by atoms with Gasteiger partial charge in [-0.1, -0.05) is 22.9 Å². The predicted molar refractivity (Wildman–Crippen MR) is 68.6 cm³/mol. The zero-order chi connectivity index (χ0) is 11.5. The average Bonchev–Trinajstić information content (AvgIpc) is 2.20. The number of alkyl halides is 1. The SMILES string of the molecule is COC(C)(C)CCN1CCC(C)C(Br)C1. The summed E-state index contributed by atoms with van der Waals surface area (Å²) >= 11 is 3.76. The van der Waals surface area contributed by atoms with Crippen molar-refractivity contribution in [2.45, 2.75) is 44.0 Å². The van der Waals surface area contributed by atoms with E-state index >= 15 is 0 Å². The highest BCUT2D eigenvalue weighted by Gasteiger charge is 2.25. The van der Waals surface area contributed by atoms with Crippen molar-refractivity contribution in [2.75, 3.05) is 26.7 Å². The predicted octanol–water partition coefficient (Wildman–Crippen LogP) is 2.91. The Morgan fingerprint density at radius 3 is 2.67 bits per heavy atom. The van der Waals surface area contributed by atoms with E-state index in [2.05, 4.69) is 41.6 Å². The number of halogens is 1. The Bertz CT molecular complexity index is 196. The van der Waals surface area contributed by atoms with Crippen LogP contribution >= 0.6 is 15.9 Å². The molecule has 0 saturated carbocycles. The average molecular weight is 278 g/mol. The number of methoxy groups -OCH3 is 1. The van der Waals surface area contributed by atoms with E-state index in [1.54, 1.807) is 7.11 Å². The highest BCUT2D eigenvalue weighted by atomic mass is 79.9. The second-order valence-electron chi connectivity index (χ2n) is 5.30. The maximum atomic E-state index is 5.44.